The molecule has 0 aliphatic carbocycles. The highest BCUT2D eigenvalue weighted by Gasteiger charge is 2.25. The minimum absolute atomic E-state index is 0.0326. The second-order valence-electron chi connectivity index (χ2n) is 6.53. The number of carbonyl (C=O) groups is 2. The predicted molar refractivity (Wildman–Crippen MR) is 97.7 cm³/mol. The van der Waals surface area contributed by atoms with Gasteiger partial charge in [0, 0.05) is 17.3 Å². The minimum atomic E-state index is -0.213. The second kappa shape index (κ2) is 7.38. The first-order valence-electron chi connectivity index (χ1n) is 8.45. The van der Waals surface area contributed by atoms with E-state index in [-0.39, 0.29) is 23.7 Å². The lowest BCUT2D eigenvalue weighted by atomic mass is 9.96. The predicted octanol–water partition coefficient (Wildman–Crippen LogP) is 3.47. The molecule has 25 heavy (non-hydrogen) atoms. The molecule has 5 heteroatoms. The van der Waals surface area contributed by atoms with E-state index >= 15 is 0 Å². The number of amides is 2. The van der Waals surface area contributed by atoms with Gasteiger partial charge >= 0.3 is 0 Å². The summed E-state index contributed by atoms with van der Waals surface area (Å²) in [5.74, 6) is 0.476. The number of benzene rings is 2. The lowest BCUT2D eigenvalue weighted by Crippen LogP contribution is -2.32. The first-order chi connectivity index (χ1) is 12.0. The van der Waals surface area contributed by atoms with E-state index in [4.69, 9.17) is 4.74 Å². The zero-order chi connectivity index (χ0) is 17.8. The summed E-state index contributed by atoms with van der Waals surface area (Å²) in [6.45, 7) is 4.06. The molecule has 1 aliphatic rings. The van der Waals surface area contributed by atoms with E-state index in [0.717, 1.165) is 11.3 Å². The van der Waals surface area contributed by atoms with Gasteiger partial charge in [0.15, 0.2) is 0 Å². The van der Waals surface area contributed by atoms with E-state index in [1.807, 2.05) is 38.1 Å². The lowest BCUT2D eigenvalue weighted by molar-refractivity contribution is -0.121. The molecule has 130 valence electrons. The van der Waals surface area contributed by atoms with Crippen LogP contribution < -0.4 is 15.4 Å². The van der Waals surface area contributed by atoms with Crippen LogP contribution in [0.25, 0.3) is 0 Å². The van der Waals surface area contributed by atoms with Crippen LogP contribution in [-0.2, 0) is 16.0 Å². The SMILES string of the molecule is CC(C)C(=O)Nc1ccc(NC(=O)C2COc3ccccc3C2)cc1. The molecule has 0 radical (unpaired) electrons. The van der Waals surface area contributed by atoms with E-state index in [1.54, 1.807) is 24.3 Å². The molecule has 3 rings (SSSR count). The molecule has 0 aromatic heterocycles. The molecule has 0 saturated heterocycles. The zero-order valence-electron chi connectivity index (χ0n) is 14.4. The van der Waals surface area contributed by atoms with Crippen molar-refractivity contribution in [3.8, 4) is 5.75 Å². The highest BCUT2D eigenvalue weighted by molar-refractivity contribution is 5.94. The van der Waals surface area contributed by atoms with Crippen molar-refractivity contribution in [1.82, 2.24) is 0 Å². The quantitative estimate of drug-likeness (QED) is 0.897. The standard InChI is InChI=1S/C20H22N2O3/c1-13(2)19(23)21-16-7-9-17(10-8-16)22-20(24)15-11-14-5-3-4-6-18(14)25-12-15/h3-10,13,15H,11-12H2,1-2H3,(H,21,23)(H,22,24). The average molecular weight is 338 g/mol. The summed E-state index contributed by atoms with van der Waals surface area (Å²) in [6, 6.07) is 14.9. The molecule has 1 atom stereocenters. The average Bonchev–Trinajstić information content (AvgIpc) is 2.62. The van der Waals surface area contributed by atoms with Crippen LogP contribution in [-0.4, -0.2) is 18.4 Å². The van der Waals surface area contributed by atoms with Crippen LogP contribution in [0.5, 0.6) is 5.75 Å². The number of ether oxygens (including phenoxy) is 1. The molecule has 0 bridgehead atoms. The molecule has 2 N–H and O–H groups in total. The third-order valence-electron chi connectivity index (χ3n) is 4.19. The minimum Gasteiger partial charge on any atom is -0.492 e. The molecule has 0 saturated carbocycles. The summed E-state index contributed by atoms with van der Waals surface area (Å²) in [7, 11) is 0. The summed E-state index contributed by atoms with van der Waals surface area (Å²) in [5, 5.41) is 5.74. The Labute approximate surface area is 147 Å². The third-order valence-corrected chi connectivity index (χ3v) is 4.19. The van der Waals surface area contributed by atoms with E-state index in [9.17, 15) is 9.59 Å². The van der Waals surface area contributed by atoms with Crippen molar-refractivity contribution in [2.45, 2.75) is 20.3 Å². The van der Waals surface area contributed by atoms with Gasteiger partial charge in [-0.15, -0.1) is 0 Å². The Kier molecular flexibility index (Phi) is 5.03. The van der Waals surface area contributed by atoms with Gasteiger partial charge in [0.2, 0.25) is 11.8 Å². The largest absolute Gasteiger partial charge is 0.492 e. The maximum Gasteiger partial charge on any atom is 0.231 e. The Morgan fingerprint density at radius 1 is 1.00 bits per heavy atom. The molecule has 2 amide bonds. The maximum atomic E-state index is 12.5. The van der Waals surface area contributed by atoms with Gasteiger partial charge in [-0.2, -0.15) is 0 Å². The molecule has 2 aromatic rings. The summed E-state index contributed by atoms with van der Waals surface area (Å²) in [4.78, 5) is 24.2. The molecule has 0 spiro atoms. The first kappa shape index (κ1) is 17.0. The van der Waals surface area contributed by atoms with Crippen LogP contribution in [0.1, 0.15) is 19.4 Å². The molecular formula is C20H22N2O3. The number of fused-ring (bicyclic) bond motifs is 1. The normalized spacial score (nSPS) is 15.9. The summed E-state index contributed by atoms with van der Waals surface area (Å²) >= 11 is 0. The van der Waals surface area contributed by atoms with E-state index in [2.05, 4.69) is 10.6 Å². The molecular weight excluding hydrogens is 316 g/mol. The highest BCUT2D eigenvalue weighted by Crippen LogP contribution is 2.27. The highest BCUT2D eigenvalue weighted by atomic mass is 16.5. The molecule has 1 unspecified atom stereocenters. The molecule has 0 fully saturated rings. The fourth-order valence-corrected chi connectivity index (χ4v) is 2.66. The molecule has 2 aromatic carbocycles. The van der Waals surface area contributed by atoms with Gasteiger partial charge in [-0.1, -0.05) is 32.0 Å². The van der Waals surface area contributed by atoms with E-state index < -0.39 is 0 Å². The number of hydrogen-bond donors (Lipinski definition) is 2. The Balaban J connectivity index is 1.59. The maximum absolute atomic E-state index is 12.5. The van der Waals surface area contributed by atoms with Gasteiger partial charge in [-0.25, -0.2) is 0 Å². The second-order valence-corrected chi connectivity index (χ2v) is 6.53. The summed E-state index contributed by atoms with van der Waals surface area (Å²) < 4.78 is 5.67. The smallest absolute Gasteiger partial charge is 0.231 e. The Bertz CT molecular complexity index is 769. The number of para-hydroxylation sites is 1. The fraction of sp³-hybridized carbons (Fsp3) is 0.300. The van der Waals surface area contributed by atoms with Crippen molar-refractivity contribution in [3.63, 3.8) is 0 Å². The van der Waals surface area contributed by atoms with Gasteiger partial charge in [0.1, 0.15) is 12.4 Å². The van der Waals surface area contributed by atoms with Gasteiger partial charge in [0.05, 0.1) is 5.92 Å². The lowest BCUT2D eigenvalue weighted by Gasteiger charge is -2.24. The van der Waals surface area contributed by atoms with E-state index in [1.165, 1.54) is 0 Å². The Hall–Kier alpha value is -2.82. The molecule has 1 heterocycles. The Morgan fingerprint density at radius 3 is 2.32 bits per heavy atom. The number of rotatable bonds is 4. The van der Waals surface area contributed by atoms with Gasteiger partial charge in [0.25, 0.3) is 0 Å². The number of nitrogens with one attached hydrogen (secondary N) is 2. The fourth-order valence-electron chi connectivity index (χ4n) is 2.66. The number of hydrogen-bond acceptors (Lipinski definition) is 3. The van der Waals surface area contributed by atoms with Gasteiger partial charge in [-0.3, -0.25) is 9.59 Å². The van der Waals surface area contributed by atoms with Crippen LogP contribution in [0.15, 0.2) is 48.5 Å². The third kappa shape index (κ3) is 4.18. The van der Waals surface area contributed by atoms with Crippen molar-refractivity contribution in [3.05, 3.63) is 54.1 Å². The molecule has 1 aliphatic heterocycles. The van der Waals surface area contributed by atoms with Gasteiger partial charge in [-0.05, 0) is 42.3 Å². The van der Waals surface area contributed by atoms with Crippen LogP contribution in [0.2, 0.25) is 0 Å². The number of carbonyl (C=O) groups excluding carboxylic acids is 2. The van der Waals surface area contributed by atoms with Crippen LogP contribution in [0.4, 0.5) is 11.4 Å². The van der Waals surface area contributed by atoms with Crippen LogP contribution >= 0.6 is 0 Å². The number of anilines is 2. The van der Waals surface area contributed by atoms with Crippen molar-refractivity contribution < 1.29 is 14.3 Å². The van der Waals surface area contributed by atoms with Crippen molar-refractivity contribution in [2.24, 2.45) is 11.8 Å². The van der Waals surface area contributed by atoms with Crippen LogP contribution in [0.3, 0.4) is 0 Å². The van der Waals surface area contributed by atoms with Crippen molar-refractivity contribution in [1.29, 1.82) is 0 Å². The Morgan fingerprint density at radius 2 is 1.64 bits per heavy atom. The van der Waals surface area contributed by atoms with Crippen molar-refractivity contribution >= 4 is 23.2 Å². The first-order valence-corrected chi connectivity index (χ1v) is 8.45. The molecule has 5 nitrogen and oxygen atoms in total. The van der Waals surface area contributed by atoms with Crippen molar-refractivity contribution in [2.75, 3.05) is 17.2 Å². The van der Waals surface area contributed by atoms with E-state index in [0.29, 0.717) is 24.4 Å². The summed E-state index contributed by atoms with van der Waals surface area (Å²) in [5.41, 5.74) is 2.47. The topological polar surface area (TPSA) is 67.4 Å². The van der Waals surface area contributed by atoms with Gasteiger partial charge < -0.3 is 15.4 Å². The summed E-state index contributed by atoms with van der Waals surface area (Å²) in [6.07, 6.45) is 0.671. The van der Waals surface area contributed by atoms with Crippen LogP contribution in [0, 0.1) is 11.8 Å². The monoisotopic (exact) mass is 338 g/mol. The zero-order valence-corrected chi connectivity index (χ0v) is 14.4.